The van der Waals surface area contributed by atoms with Gasteiger partial charge in [0.15, 0.2) is 0 Å². The molecule has 1 heterocycles. The van der Waals surface area contributed by atoms with E-state index in [-0.39, 0.29) is 17.8 Å². The number of likely N-dealkylation sites (tertiary alicyclic amines) is 1. The number of aliphatic hydroxyl groups excluding tert-OH is 2. The molecule has 18 heavy (non-hydrogen) atoms. The van der Waals surface area contributed by atoms with Gasteiger partial charge in [0.05, 0.1) is 12.2 Å². The normalized spacial score (nSPS) is 24.1. The van der Waals surface area contributed by atoms with Crippen LogP contribution < -0.4 is 0 Å². The summed E-state index contributed by atoms with van der Waals surface area (Å²) in [6.07, 6.45) is -0.193. The van der Waals surface area contributed by atoms with Gasteiger partial charge >= 0.3 is 0 Å². The van der Waals surface area contributed by atoms with Gasteiger partial charge < -0.3 is 15.1 Å². The van der Waals surface area contributed by atoms with Crippen molar-refractivity contribution in [1.82, 2.24) is 4.90 Å². The molecular weight excluding hydrogens is 233 g/mol. The molecular formula is C14H20FNO2. The zero-order chi connectivity index (χ0) is 13.1. The lowest BCUT2D eigenvalue weighted by Gasteiger charge is -2.21. The van der Waals surface area contributed by atoms with Crippen molar-refractivity contribution in [2.24, 2.45) is 5.92 Å². The first kappa shape index (κ1) is 13.5. The minimum absolute atomic E-state index is 0.262. The van der Waals surface area contributed by atoms with E-state index in [9.17, 15) is 14.6 Å². The van der Waals surface area contributed by atoms with Crippen LogP contribution in [-0.2, 0) is 0 Å². The summed E-state index contributed by atoms with van der Waals surface area (Å²) >= 11 is 0. The van der Waals surface area contributed by atoms with E-state index >= 15 is 0 Å². The summed E-state index contributed by atoms with van der Waals surface area (Å²) < 4.78 is 13.5. The van der Waals surface area contributed by atoms with E-state index < -0.39 is 6.10 Å². The third kappa shape index (κ3) is 3.07. The molecule has 0 radical (unpaired) electrons. The molecule has 3 atom stereocenters. The van der Waals surface area contributed by atoms with Crippen LogP contribution in [-0.4, -0.2) is 40.9 Å². The van der Waals surface area contributed by atoms with Crippen LogP contribution in [0.5, 0.6) is 0 Å². The highest BCUT2D eigenvalue weighted by Gasteiger charge is 2.27. The third-order valence-corrected chi connectivity index (χ3v) is 3.69. The van der Waals surface area contributed by atoms with Crippen molar-refractivity contribution in [3.63, 3.8) is 0 Å². The van der Waals surface area contributed by atoms with E-state index in [1.807, 2.05) is 0 Å². The Bertz CT molecular complexity index is 397. The Morgan fingerprint density at radius 2 is 2.11 bits per heavy atom. The van der Waals surface area contributed by atoms with Gasteiger partial charge in [-0.1, -0.05) is 18.2 Å². The number of hydrogen-bond donors (Lipinski definition) is 2. The van der Waals surface area contributed by atoms with Crippen LogP contribution in [0.4, 0.5) is 4.39 Å². The molecule has 0 aromatic heterocycles. The highest BCUT2D eigenvalue weighted by Crippen LogP contribution is 2.23. The van der Waals surface area contributed by atoms with Gasteiger partial charge in [-0.2, -0.15) is 0 Å². The number of β-amino-alcohol motifs (C(OH)–C–C–N with tert-alkyl or cyclic N) is 1. The number of nitrogens with zero attached hydrogens (tertiary/aromatic N) is 1. The van der Waals surface area contributed by atoms with Gasteiger partial charge in [-0.05, 0) is 31.9 Å². The summed E-state index contributed by atoms with van der Waals surface area (Å²) in [6.45, 7) is 3.83. The molecule has 100 valence electrons. The van der Waals surface area contributed by atoms with Gasteiger partial charge in [0, 0.05) is 18.7 Å². The summed E-state index contributed by atoms with van der Waals surface area (Å²) in [5, 5.41) is 19.6. The van der Waals surface area contributed by atoms with Crippen LogP contribution in [0.2, 0.25) is 0 Å². The first-order valence-corrected chi connectivity index (χ1v) is 6.41. The van der Waals surface area contributed by atoms with Crippen LogP contribution >= 0.6 is 0 Å². The number of hydrogen-bond acceptors (Lipinski definition) is 3. The molecule has 1 aliphatic rings. The maximum absolute atomic E-state index is 13.5. The van der Waals surface area contributed by atoms with E-state index in [4.69, 9.17) is 0 Å². The predicted octanol–water partition coefficient (Wildman–Crippen LogP) is 1.56. The average molecular weight is 253 g/mol. The molecule has 1 aromatic rings. The molecule has 0 aliphatic carbocycles. The van der Waals surface area contributed by atoms with Crippen molar-refractivity contribution in [2.45, 2.75) is 25.6 Å². The fourth-order valence-corrected chi connectivity index (χ4v) is 2.51. The van der Waals surface area contributed by atoms with Gasteiger partial charge in [-0.3, -0.25) is 0 Å². The number of halogens is 1. The Labute approximate surface area is 107 Å². The second-order valence-corrected chi connectivity index (χ2v) is 5.09. The fraction of sp³-hybridized carbons (Fsp3) is 0.571. The average Bonchev–Trinajstić information content (AvgIpc) is 2.78. The van der Waals surface area contributed by atoms with E-state index in [1.165, 1.54) is 6.07 Å². The first-order chi connectivity index (χ1) is 8.58. The first-order valence-electron chi connectivity index (χ1n) is 6.41. The molecule has 1 aromatic carbocycles. The van der Waals surface area contributed by atoms with Crippen molar-refractivity contribution in [3.8, 4) is 0 Å². The Morgan fingerprint density at radius 1 is 1.39 bits per heavy atom. The van der Waals surface area contributed by atoms with Gasteiger partial charge in [0.1, 0.15) is 5.82 Å². The van der Waals surface area contributed by atoms with Gasteiger partial charge in [-0.25, -0.2) is 4.39 Å². The monoisotopic (exact) mass is 253 g/mol. The Morgan fingerprint density at radius 3 is 2.72 bits per heavy atom. The lowest BCUT2D eigenvalue weighted by Crippen LogP contribution is -2.28. The molecule has 0 amide bonds. The molecule has 0 saturated carbocycles. The van der Waals surface area contributed by atoms with Crippen molar-refractivity contribution < 1.29 is 14.6 Å². The second kappa shape index (κ2) is 5.78. The zero-order valence-corrected chi connectivity index (χ0v) is 10.6. The topological polar surface area (TPSA) is 43.7 Å². The highest BCUT2D eigenvalue weighted by molar-refractivity contribution is 5.20. The van der Waals surface area contributed by atoms with Crippen LogP contribution in [0.3, 0.4) is 0 Å². The summed E-state index contributed by atoms with van der Waals surface area (Å²) in [5.41, 5.74) is 0.345. The van der Waals surface area contributed by atoms with E-state index in [1.54, 1.807) is 25.1 Å². The quantitative estimate of drug-likeness (QED) is 0.856. The molecule has 1 fully saturated rings. The largest absolute Gasteiger partial charge is 0.393 e. The molecule has 1 aliphatic heterocycles. The van der Waals surface area contributed by atoms with Crippen molar-refractivity contribution in [2.75, 3.05) is 19.6 Å². The molecule has 1 saturated heterocycles. The molecule has 4 heteroatoms. The van der Waals surface area contributed by atoms with Gasteiger partial charge in [0.2, 0.25) is 0 Å². The third-order valence-electron chi connectivity index (χ3n) is 3.69. The summed E-state index contributed by atoms with van der Waals surface area (Å²) in [6, 6.07) is 6.32. The summed E-state index contributed by atoms with van der Waals surface area (Å²) in [7, 11) is 0. The zero-order valence-electron chi connectivity index (χ0n) is 10.6. The second-order valence-electron chi connectivity index (χ2n) is 5.09. The van der Waals surface area contributed by atoms with Gasteiger partial charge in [0.25, 0.3) is 0 Å². The lowest BCUT2D eigenvalue weighted by atomic mass is 10.0. The Hall–Kier alpha value is -0.970. The minimum Gasteiger partial charge on any atom is -0.393 e. The van der Waals surface area contributed by atoms with E-state index in [0.29, 0.717) is 12.1 Å². The highest BCUT2D eigenvalue weighted by atomic mass is 19.1. The van der Waals surface area contributed by atoms with E-state index in [0.717, 1.165) is 19.5 Å². The number of benzene rings is 1. The number of rotatable bonds is 4. The molecule has 3 nitrogen and oxygen atoms in total. The van der Waals surface area contributed by atoms with Crippen LogP contribution in [0.1, 0.15) is 25.0 Å². The SMILES string of the molecule is CC(O)C1CCN(CC(O)c2ccccc2F)C1. The van der Waals surface area contributed by atoms with Crippen LogP contribution in [0.15, 0.2) is 24.3 Å². The van der Waals surface area contributed by atoms with Crippen molar-refractivity contribution in [1.29, 1.82) is 0 Å². The summed E-state index contributed by atoms with van der Waals surface area (Å²) in [4.78, 5) is 2.08. The maximum Gasteiger partial charge on any atom is 0.129 e. The lowest BCUT2D eigenvalue weighted by molar-refractivity contribution is 0.103. The van der Waals surface area contributed by atoms with Crippen LogP contribution in [0.25, 0.3) is 0 Å². The predicted molar refractivity (Wildman–Crippen MR) is 67.6 cm³/mol. The molecule has 2 rings (SSSR count). The fourth-order valence-electron chi connectivity index (χ4n) is 2.51. The van der Waals surface area contributed by atoms with E-state index in [2.05, 4.69) is 4.90 Å². The smallest absolute Gasteiger partial charge is 0.129 e. The van der Waals surface area contributed by atoms with Crippen molar-refractivity contribution in [3.05, 3.63) is 35.6 Å². The van der Waals surface area contributed by atoms with Crippen molar-refractivity contribution >= 4 is 0 Å². The summed E-state index contributed by atoms with van der Waals surface area (Å²) in [5.74, 6) is -0.103. The molecule has 0 spiro atoms. The van der Waals surface area contributed by atoms with Gasteiger partial charge in [-0.15, -0.1) is 0 Å². The standard InChI is InChI=1S/C14H20FNO2/c1-10(17)11-6-7-16(8-11)9-14(18)12-4-2-3-5-13(12)15/h2-5,10-11,14,17-18H,6-9H2,1H3. The van der Waals surface area contributed by atoms with Crippen LogP contribution in [0, 0.1) is 11.7 Å². The molecule has 0 bridgehead atoms. The molecule has 2 N–H and O–H groups in total. The molecule has 3 unspecified atom stereocenters. The Balaban J connectivity index is 1.93. The number of aliphatic hydroxyl groups is 2. The minimum atomic E-state index is -0.807. The maximum atomic E-state index is 13.5. The Kier molecular flexibility index (Phi) is 4.32.